The summed E-state index contributed by atoms with van der Waals surface area (Å²) in [5, 5.41) is 4.78. The second kappa shape index (κ2) is 5.47. The Morgan fingerprint density at radius 3 is 3.00 bits per heavy atom. The third-order valence-electron chi connectivity index (χ3n) is 3.92. The maximum Gasteiger partial charge on any atom is 0.262 e. The number of thiazole rings is 1. The van der Waals surface area contributed by atoms with Crippen LogP contribution in [-0.2, 0) is 25.6 Å². The van der Waals surface area contributed by atoms with Crippen molar-refractivity contribution in [3.63, 3.8) is 0 Å². The van der Waals surface area contributed by atoms with Gasteiger partial charge in [0.25, 0.3) is 5.56 Å². The molecule has 3 aromatic heterocycles. The lowest BCUT2D eigenvalue weighted by molar-refractivity contribution is 0.726. The molecule has 0 saturated carbocycles. The van der Waals surface area contributed by atoms with Crippen LogP contribution < -0.4 is 5.56 Å². The zero-order chi connectivity index (χ0) is 15.3. The van der Waals surface area contributed by atoms with E-state index in [9.17, 15) is 4.79 Å². The van der Waals surface area contributed by atoms with Crippen LogP contribution in [0.3, 0.4) is 0 Å². The minimum atomic E-state index is 0.0985. The third-order valence-corrected chi connectivity index (χ3v) is 6.99. The first-order chi connectivity index (χ1) is 10.6. The minimum Gasteiger partial charge on any atom is -0.290 e. The molecule has 4 rings (SSSR count). The van der Waals surface area contributed by atoms with Crippen LogP contribution in [0.4, 0.5) is 0 Å². The van der Waals surface area contributed by atoms with Gasteiger partial charge >= 0.3 is 0 Å². The summed E-state index contributed by atoms with van der Waals surface area (Å²) in [7, 11) is 1.82. The summed E-state index contributed by atoms with van der Waals surface area (Å²) in [6.07, 6.45) is 3.29. The average Bonchev–Trinajstić information content (AvgIpc) is 3.16. The lowest BCUT2D eigenvalue weighted by Gasteiger charge is -2.06. The summed E-state index contributed by atoms with van der Waals surface area (Å²) in [5.74, 6) is 0.751. The van der Waals surface area contributed by atoms with Crippen LogP contribution in [0.25, 0.3) is 10.2 Å². The van der Waals surface area contributed by atoms with Crippen molar-refractivity contribution in [3.05, 3.63) is 36.9 Å². The highest BCUT2D eigenvalue weighted by atomic mass is 32.2. The van der Waals surface area contributed by atoms with Gasteiger partial charge in [-0.25, -0.2) is 9.97 Å². The average molecular weight is 350 g/mol. The van der Waals surface area contributed by atoms with Gasteiger partial charge in [-0.15, -0.1) is 22.7 Å². The first-order valence-corrected chi connectivity index (χ1v) is 9.86. The molecule has 3 heterocycles. The second-order valence-corrected chi connectivity index (χ2v) is 8.53. The molecule has 0 fully saturated rings. The van der Waals surface area contributed by atoms with Gasteiger partial charge in [0, 0.05) is 23.1 Å². The van der Waals surface area contributed by atoms with Gasteiger partial charge in [0.1, 0.15) is 4.83 Å². The predicted molar refractivity (Wildman–Crippen MR) is 93.3 cm³/mol. The first-order valence-electron chi connectivity index (χ1n) is 7.18. The quantitative estimate of drug-likeness (QED) is 0.536. The van der Waals surface area contributed by atoms with Crippen LogP contribution in [-0.4, -0.2) is 14.5 Å². The van der Waals surface area contributed by atoms with Crippen LogP contribution in [0.15, 0.2) is 15.3 Å². The molecule has 0 saturated heterocycles. The standard InChI is InChI=1S/C15H15N3OS3/c1-8-16-9(6-20-8)7-21-15-17-13-12(14(19)18(15)2)10-4-3-5-11(10)22-13/h6H,3-5,7H2,1-2H3. The van der Waals surface area contributed by atoms with Crippen molar-refractivity contribution < 1.29 is 0 Å². The second-order valence-electron chi connectivity index (χ2n) is 5.44. The number of aromatic nitrogens is 3. The summed E-state index contributed by atoms with van der Waals surface area (Å²) in [5.41, 5.74) is 2.40. The number of hydrogen-bond donors (Lipinski definition) is 0. The van der Waals surface area contributed by atoms with Crippen LogP contribution in [0.2, 0.25) is 0 Å². The normalized spacial score (nSPS) is 13.9. The number of nitrogens with zero attached hydrogens (tertiary/aromatic N) is 3. The lowest BCUT2D eigenvalue weighted by atomic mass is 10.2. The Bertz CT molecular complexity index is 922. The van der Waals surface area contributed by atoms with Gasteiger partial charge < -0.3 is 0 Å². The van der Waals surface area contributed by atoms with E-state index in [0.29, 0.717) is 0 Å². The van der Waals surface area contributed by atoms with Crippen LogP contribution in [0.1, 0.15) is 27.6 Å². The molecule has 0 unspecified atom stereocenters. The zero-order valence-electron chi connectivity index (χ0n) is 12.4. The molecular formula is C15H15N3OS3. The van der Waals surface area contributed by atoms with Gasteiger partial charge in [-0.05, 0) is 31.7 Å². The maximum absolute atomic E-state index is 12.7. The fourth-order valence-corrected chi connectivity index (χ4v) is 5.73. The number of aryl methyl sites for hydroxylation is 3. The van der Waals surface area contributed by atoms with Crippen molar-refractivity contribution in [1.29, 1.82) is 0 Å². The van der Waals surface area contributed by atoms with E-state index in [-0.39, 0.29) is 5.56 Å². The van der Waals surface area contributed by atoms with Crippen LogP contribution in [0.5, 0.6) is 0 Å². The Kier molecular flexibility index (Phi) is 3.58. The van der Waals surface area contributed by atoms with Crippen molar-refractivity contribution in [2.24, 2.45) is 7.05 Å². The molecule has 4 nitrogen and oxygen atoms in total. The highest BCUT2D eigenvalue weighted by molar-refractivity contribution is 7.98. The molecule has 0 aromatic carbocycles. The topological polar surface area (TPSA) is 47.8 Å². The number of thiophene rings is 1. The number of rotatable bonds is 3. The Morgan fingerprint density at radius 1 is 1.36 bits per heavy atom. The summed E-state index contributed by atoms with van der Waals surface area (Å²) >= 11 is 4.94. The number of thioether (sulfide) groups is 1. The van der Waals surface area contributed by atoms with Crippen molar-refractivity contribution in [1.82, 2.24) is 14.5 Å². The van der Waals surface area contributed by atoms with Gasteiger partial charge in [0.2, 0.25) is 0 Å². The summed E-state index contributed by atoms with van der Waals surface area (Å²) in [4.78, 5) is 24.2. The molecule has 0 radical (unpaired) electrons. The molecule has 114 valence electrons. The molecular weight excluding hydrogens is 334 g/mol. The molecule has 7 heteroatoms. The van der Waals surface area contributed by atoms with Crippen molar-refractivity contribution in [2.45, 2.75) is 37.1 Å². The highest BCUT2D eigenvalue weighted by Gasteiger charge is 2.22. The van der Waals surface area contributed by atoms with E-state index in [2.05, 4.69) is 10.4 Å². The van der Waals surface area contributed by atoms with Crippen molar-refractivity contribution in [3.8, 4) is 0 Å². The molecule has 1 aliphatic rings. The molecule has 0 atom stereocenters. The Hall–Kier alpha value is -1.18. The van der Waals surface area contributed by atoms with Gasteiger partial charge in [-0.1, -0.05) is 11.8 Å². The van der Waals surface area contributed by atoms with Gasteiger partial charge in [-0.2, -0.15) is 0 Å². The predicted octanol–water partition coefficient (Wildman–Crippen LogP) is 3.54. The van der Waals surface area contributed by atoms with Crippen molar-refractivity contribution >= 4 is 44.7 Å². The Labute approximate surface area is 140 Å². The molecule has 0 N–H and O–H groups in total. The lowest BCUT2D eigenvalue weighted by Crippen LogP contribution is -2.20. The smallest absolute Gasteiger partial charge is 0.262 e. The van der Waals surface area contributed by atoms with E-state index in [1.807, 2.05) is 14.0 Å². The first kappa shape index (κ1) is 14.4. The fourth-order valence-electron chi connectivity index (χ4n) is 2.85. The summed E-state index contributed by atoms with van der Waals surface area (Å²) in [6.45, 7) is 2.01. The number of hydrogen-bond acceptors (Lipinski definition) is 6. The van der Waals surface area contributed by atoms with Crippen LogP contribution >= 0.6 is 34.4 Å². The van der Waals surface area contributed by atoms with E-state index in [1.54, 1.807) is 39.0 Å². The molecule has 0 spiro atoms. The summed E-state index contributed by atoms with van der Waals surface area (Å²) in [6, 6.07) is 0. The third kappa shape index (κ3) is 2.31. The fraction of sp³-hybridized carbons (Fsp3) is 0.400. The zero-order valence-corrected chi connectivity index (χ0v) is 14.8. The van der Waals surface area contributed by atoms with Gasteiger partial charge in [0.05, 0.1) is 16.1 Å². The molecule has 3 aromatic rings. The highest BCUT2D eigenvalue weighted by Crippen LogP contribution is 2.35. The monoisotopic (exact) mass is 349 g/mol. The SMILES string of the molecule is Cc1nc(CSc2nc3sc4c(c3c(=O)n2C)CCC4)cs1. The van der Waals surface area contributed by atoms with E-state index in [0.717, 1.165) is 44.7 Å². The molecule has 0 bridgehead atoms. The van der Waals surface area contributed by atoms with Gasteiger partial charge in [0.15, 0.2) is 5.16 Å². The largest absolute Gasteiger partial charge is 0.290 e. The molecule has 22 heavy (non-hydrogen) atoms. The van der Waals surface area contributed by atoms with E-state index in [1.165, 1.54) is 16.9 Å². The minimum absolute atomic E-state index is 0.0985. The van der Waals surface area contributed by atoms with E-state index in [4.69, 9.17) is 4.98 Å². The molecule has 0 aliphatic heterocycles. The van der Waals surface area contributed by atoms with E-state index < -0.39 is 0 Å². The number of fused-ring (bicyclic) bond motifs is 3. The molecule has 1 aliphatic carbocycles. The maximum atomic E-state index is 12.7. The summed E-state index contributed by atoms with van der Waals surface area (Å²) < 4.78 is 1.69. The van der Waals surface area contributed by atoms with Crippen LogP contribution in [0, 0.1) is 6.92 Å². The molecule has 0 amide bonds. The van der Waals surface area contributed by atoms with E-state index >= 15 is 0 Å². The van der Waals surface area contributed by atoms with Gasteiger partial charge in [-0.3, -0.25) is 9.36 Å². The Balaban J connectivity index is 1.72. The van der Waals surface area contributed by atoms with Crippen molar-refractivity contribution in [2.75, 3.05) is 0 Å². The Morgan fingerprint density at radius 2 is 2.23 bits per heavy atom.